The minimum atomic E-state index is -0.464. The van der Waals surface area contributed by atoms with Crippen LogP contribution in [0.5, 0.6) is 0 Å². The second-order valence-electron chi connectivity index (χ2n) is 5.26. The van der Waals surface area contributed by atoms with Crippen molar-refractivity contribution in [3.8, 4) is 0 Å². The molecule has 1 heterocycles. The maximum atomic E-state index is 10.9. The zero-order chi connectivity index (χ0) is 13.9. The third-order valence-electron chi connectivity index (χ3n) is 3.31. The highest BCUT2D eigenvalue weighted by Gasteiger charge is 2.24. The Balaban J connectivity index is 2.90. The number of pyridine rings is 1. The van der Waals surface area contributed by atoms with Crippen LogP contribution in [0.15, 0.2) is 12.1 Å². The molecule has 1 aromatic rings. The molecule has 0 unspecified atom stereocenters. The second kappa shape index (κ2) is 5.52. The molecule has 1 rings (SSSR count). The second-order valence-corrected chi connectivity index (χ2v) is 5.64. The molecule has 0 bridgehead atoms. The number of rotatable bonds is 5. The normalized spacial score (nSPS) is 11.7. The van der Waals surface area contributed by atoms with E-state index in [4.69, 9.17) is 11.6 Å². The average Bonchev–Trinajstić information content (AvgIpc) is 2.26. The monoisotopic (exact) mass is 271 g/mol. The Morgan fingerprint density at radius 3 is 2.61 bits per heavy atom. The van der Waals surface area contributed by atoms with Crippen LogP contribution in [-0.2, 0) is 0 Å². The van der Waals surface area contributed by atoms with E-state index in [1.54, 1.807) is 0 Å². The number of aromatic nitrogens is 1. The van der Waals surface area contributed by atoms with Crippen LogP contribution in [0.1, 0.15) is 27.7 Å². The molecule has 6 heteroatoms. The molecule has 0 atom stereocenters. The third-order valence-corrected chi connectivity index (χ3v) is 3.52. The summed E-state index contributed by atoms with van der Waals surface area (Å²) in [5, 5.41) is 14.1. The Bertz CT molecular complexity index is 447. The van der Waals surface area contributed by atoms with E-state index in [-0.39, 0.29) is 22.1 Å². The highest BCUT2D eigenvalue weighted by molar-refractivity contribution is 6.29. The van der Waals surface area contributed by atoms with Crippen molar-refractivity contribution in [3.63, 3.8) is 0 Å². The molecule has 0 radical (unpaired) electrons. The van der Waals surface area contributed by atoms with Gasteiger partial charge in [0.25, 0.3) is 0 Å². The van der Waals surface area contributed by atoms with Crippen LogP contribution in [0, 0.1) is 21.4 Å². The SMILES string of the molecule is CC(C)C(C)(C)CNc1nc(Cl)ccc1[N+](=O)[O-]. The lowest BCUT2D eigenvalue weighted by molar-refractivity contribution is -0.384. The largest absolute Gasteiger partial charge is 0.364 e. The van der Waals surface area contributed by atoms with Crippen molar-refractivity contribution in [1.29, 1.82) is 0 Å². The number of halogens is 1. The van der Waals surface area contributed by atoms with E-state index in [0.717, 1.165) is 0 Å². The first-order valence-electron chi connectivity index (χ1n) is 5.79. The quantitative estimate of drug-likeness (QED) is 0.503. The van der Waals surface area contributed by atoms with Crippen LogP contribution < -0.4 is 5.32 Å². The molecule has 0 aliphatic rings. The Hall–Kier alpha value is -1.36. The summed E-state index contributed by atoms with van der Waals surface area (Å²) in [6, 6.07) is 2.78. The van der Waals surface area contributed by atoms with Crippen molar-refractivity contribution < 1.29 is 4.92 Å². The molecule has 5 nitrogen and oxygen atoms in total. The van der Waals surface area contributed by atoms with Crippen molar-refractivity contribution in [2.45, 2.75) is 27.7 Å². The predicted molar refractivity (Wildman–Crippen MR) is 73.0 cm³/mol. The molecule has 0 spiro atoms. The first-order chi connectivity index (χ1) is 8.24. The summed E-state index contributed by atoms with van der Waals surface area (Å²) >= 11 is 5.76. The fourth-order valence-corrected chi connectivity index (χ4v) is 1.37. The predicted octanol–water partition coefficient (Wildman–Crippen LogP) is 3.74. The van der Waals surface area contributed by atoms with Crippen molar-refractivity contribution in [1.82, 2.24) is 4.98 Å². The standard InChI is InChI=1S/C12H18ClN3O2/c1-8(2)12(3,4)7-14-11-9(16(17)18)5-6-10(13)15-11/h5-6,8H,7H2,1-4H3,(H,14,15). The van der Waals surface area contributed by atoms with Gasteiger partial charge in [0.05, 0.1) is 4.92 Å². The molecule has 0 fully saturated rings. The van der Waals surface area contributed by atoms with Gasteiger partial charge in [-0.05, 0) is 17.4 Å². The van der Waals surface area contributed by atoms with Crippen LogP contribution in [0.2, 0.25) is 5.15 Å². The first-order valence-corrected chi connectivity index (χ1v) is 6.16. The van der Waals surface area contributed by atoms with Crippen LogP contribution in [0.3, 0.4) is 0 Å². The van der Waals surface area contributed by atoms with E-state index in [9.17, 15) is 10.1 Å². The van der Waals surface area contributed by atoms with Gasteiger partial charge in [-0.25, -0.2) is 4.98 Å². The maximum absolute atomic E-state index is 10.9. The van der Waals surface area contributed by atoms with Crippen molar-refractivity contribution in [2.75, 3.05) is 11.9 Å². The number of hydrogen-bond donors (Lipinski definition) is 1. The van der Waals surface area contributed by atoms with E-state index >= 15 is 0 Å². The van der Waals surface area contributed by atoms with Gasteiger partial charge in [-0.15, -0.1) is 0 Å². The Kier molecular flexibility index (Phi) is 4.51. The summed E-state index contributed by atoms with van der Waals surface area (Å²) < 4.78 is 0. The van der Waals surface area contributed by atoms with Crippen LogP contribution in [0.4, 0.5) is 11.5 Å². The molecule has 0 aliphatic heterocycles. The number of nitrogens with one attached hydrogen (secondary N) is 1. The van der Waals surface area contributed by atoms with Gasteiger partial charge in [0.15, 0.2) is 0 Å². The molecule has 18 heavy (non-hydrogen) atoms. The molecule has 0 amide bonds. The highest BCUT2D eigenvalue weighted by atomic mass is 35.5. The van der Waals surface area contributed by atoms with Crippen LogP contribution >= 0.6 is 11.6 Å². The summed E-state index contributed by atoms with van der Waals surface area (Å²) in [4.78, 5) is 14.4. The third kappa shape index (κ3) is 3.57. The van der Waals surface area contributed by atoms with Crippen molar-refractivity contribution in [3.05, 3.63) is 27.4 Å². The maximum Gasteiger partial charge on any atom is 0.311 e. The lowest BCUT2D eigenvalue weighted by Crippen LogP contribution is -2.29. The first kappa shape index (κ1) is 14.7. The summed E-state index contributed by atoms with van der Waals surface area (Å²) in [6.45, 7) is 9.02. The van der Waals surface area contributed by atoms with Gasteiger partial charge in [-0.2, -0.15) is 0 Å². The van der Waals surface area contributed by atoms with Gasteiger partial charge >= 0.3 is 5.69 Å². The fraction of sp³-hybridized carbons (Fsp3) is 0.583. The van der Waals surface area contributed by atoms with E-state index in [1.165, 1.54) is 12.1 Å². The topological polar surface area (TPSA) is 68.1 Å². The molecular formula is C12H18ClN3O2. The molecule has 1 aromatic heterocycles. The molecule has 0 saturated carbocycles. The average molecular weight is 272 g/mol. The van der Waals surface area contributed by atoms with Gasteiger partial charge in [0.2, 0.25) is 5.82 Å². The van der Waals surface area contributed by atoms with Gasteiger partial charge < -0.3 is 5.32 Å². The highest BCUT2D eigenvalue weighted by Crippen LogP contribution is 2.29. The number of anilines is 1. The lowest BCUT2D eigenvalue weighted by atomic mass is 9.81. The summed E-state index contributed by atoms with van der Waals surface area (Å²) in [5.41, 5.74) is -0.0448. The van der Waals surface area contributed by atoms with E-state index < -0.39 is 4.92 Å². The zero-order valence-corrected chi connectivity index (χ0v) is 11.8. The number of nitro groups is 1. The van der Waals surface area contributed by atoms with E-state index in [1.807, 2.05) is 0 Å². The minimum absolute atomic E-state index is 0.0118. The van der Waals surface area contributed by atoms with Gasteiger partial charge in [-0.3, -0.25) is 10.1 Å². The summed E-state index contributed by atoms with van der Waals surface area (Å²) in [6.07, 6.45) is 0. The lowest BCUT2D eigenvalue weighted by Gasteiger charge is -2.29. The van der Waals surface area contributed by atoms with Gasteiger partial charge in [-0.1, -0.05) is 39.3 Å². The molecule has 1 N–H and O–H groups in total. The molecule has 0 saturated heterocycles. The van der Waals surface area contributed by atoms with Crippen molar-refractivity contribution in [2.24, 2.45) is 11.3 Å². The van der Waals surface area contributed by atoms with E-state index in [0.29, 0.717) is 12.5 Å². The number of hydrogen-bond acceptors (Lipinski definition) is 4. The van der Waals surface area contributed by atoms with Crippen LogP contribution in [0.25, 0.3) is 0 Å². The van der Waals surface area contributed by atoms with E-state index in [2.05, 4.69) is 38.0 Å². The molecule has 0 aliphatic carbocycles. The Morgan fingerprint density at radius 2 is 2.11 bits per heavy atom. The zero-order valence-electron chi connectivity index (χ0n) is 11.0. The molecule has 0 aromatic carbocycles. The Labute approximate surface area is 112 Å². The smallest absolute Gasteiger partial charge is 0.311 e. The molecular weight excluding hydrogens is 254 g/mol. The van der Waals surface area contributed by atoms with Gasteiger partial charge in [0, 0.05) is 12.6 Å². The van der Waals surface area contributed by atoms with Crippen molar-refractivity contribution >= 4 is 23.1 Å². The van der Waals surface area contributed by atoms with Gasteiger partial charge in [0.1, 0.15) is 5.15 Å². The number of nitrogens with zero attached hydrogens (tertiary/aromatic N) is 2. The fourth-order valence-electron chi connectivity index (χ4n) is 1.22. The Morgan fingerprint density at radius 1 is 1.50 bits per heavy atom. The summed E-state index contributed by atoms with van der Waals surface area (Å²) in [5.74, 6) is 0.671. The van der Waals surface area contributed by atoms with Crippen LogP contribution in [-0.4, -0.2) is 16.5 Å². The molecule has 100 valence electrons. The minimum Gasteiger partial charge on any atom is -0.364 e. The summed E-state index contributed by atoms with van der Waals surface area (Å²) in [7, 11) is 0.